The molecule has 0 aromatic rings. The molecule has 5 nitrogen and oxygen atoms in total. The molecule has 0 bridgehead atoms. The lowest BCUT2D eigenvalue weighted by Gasteiger charge is -2.33. The fourth-order valence-electron chi connectivity index (χ4n) is 2.84. The molecular formula is C16H25N3O2. The second kappa shape index (κ2) is 6.89. The Kier molecular flexibility index (Phi) is 5.17. The number of amides is 2. The molecule has 0 fully saturated rings. The van der Waals surface area contributed by atoms with Crippen LogP contribution in [-0.2, 0) is 9.59 Å². The van der Waals surface area contributed by atoms with Gasteiger partial charge in [0.25, 0.3) is 0 Å². The normalized spacial score (nSPS) is 22.1. The monoisotopic (exact) mass is 291 g/mol. The Balaban J connectivity index is 1.94. The van der Waals surface area contributed by atoms with Gasteiger partial charge in [0, 0.05) is 37.9 Å². The third kappa shape index (κ3) is 3.94. The maximum absolute atomic E-state index is 12.2. The Morgan fingerprint density at radius 2 is 1.95 bits per heavy atom. The maximum atomic E-state index is 12.2. The van der Waals surface area contributed by atoms with E-state index < -0.39 is 0 Å². The molecule has 0 N–H and O–H groups in total. The molecular weight excluding hydrogens is 266 g/mol. The average molecular weight is 291 g/mol. The summed E-state index contributed by atoms with van der Waals surface area (Å²) in [5.41, 5.74) is 0. The van der Waals surface area contributed by atoms with Crippen molar-refractivity contribution in [2.45, 2.75) is 39.3 Å². The molecule has 0 aromatic carbocycles. The Morgan fingerprint density at radius 1 is 1.19 bits per heavy atom. The predicted octanol–water partition coefficient (Wildman–Crippen LogP) is 1.23. The van der Waals surface area contributed by atoms with Crippen molar-refractivity contribution in [3.8, 4) is 0 Å². The average Bonchev–Trinajstić information content (AvgIpc) is 2.60. The highest BCUT2D eigenvalue weighted by Crippen LogP contribution is 2.12. The van der Waals surface area contributed by atoms with Crippen LogP contribution in [0.1, 0.15) is 27.2 Å². The van der Waals surface area contributed by atoms with Gasteiger partial charge in [0.15, 0.2) is 0 Å². The van der Waals surface area contributed by atoms with Crippen LogP contribution in [0, 0.1) is 0 Å². The van der Waals surface area contributed by atoms with Gasteiger partial charge in [0.2, 0.25) is 11.8 Å². The predicted molar refractivity (Wildman–Crippen MR) is 82.5 cm³/mol. The molecule has 1 atom stereocenters. The van der Waals surface area contributed by atoms with E-state index in [2.05, 4.69) is 11.8 Å². The minimum absolute atomic E-state index is 0.0780. The zero-order chi connectivity index (χ0) is 15.4. The third-order valence-electron chi connectivity index (χ3n) is 3.97. The smallest absolute Gasteiger partial charge is 0.246 e. The zero-order valence-corrected chi connectivity index (χ0v) is 13.2. The van der Waals surface area contributed by atoms with E-state index in [9.17, 15) is 9.59 Å². The number of carbonyl (C=O) groups is 2. The fraction of sp³-hybridized carbons (Fsp3) is 0.625. The van der Waals surface area contributed by atoms with E-state index in [0.29, 0.717) is 6.54 Å². The molecule has 0 spiro atoms. The Labute approximate surface area is 126 Å². The van der Waals surface area contributed by atoms with Gasteiger partial charge in [-0.15, -0.1) is 0 Å². The molecule has 21 heavy (non-hydrogen) atoms. The first kappa shape index (κ1) is 15.8. The van der Waals surface area contributed by atoms with E-state index >= 15 is 0 Å². The van der Waals surface area contributed by atoms with Gasteiger partial charge in [-0.3, -0.25) is 14.5 Å². The summed E-state index contributed by atoms with van der Waals surface area (Å²) in [6, 6.07) is 0.300. The summed E-state index contributed by atoms with van der Waals surface area (Å²) in [4.78, 5) is 29.9. The highest BCUT2D eigenvalue weighted by molar-refractivity contribution is 5.88. The van der Waals surface area contributed by atoms with Crippen LogP contribution in [0.5, 0.6) is 0 Å². The first-order valence-corrected chi connectivity index (χ1v) is 7.66. The van der Waals surface area contributed by atoms with Crippen molar-refractivity contribution in [2.24, 2.45) is 0 Å². The number of nitrogens with zero attached hydrogens (tertiary/aromatic N) is 3. The summed E-state index contributed by atoms with van der Waals surface area (Å²) in [5.74, 6) is 0.199. The van der Waals surface area contributed by atoms with Crippen LogP contribution in [-0.4, -0.2) is 64.8 Å². The van der Waals surface area contributed by atoms with Crippen molar-refractivity contribution in [2.75, 3.05) is 26.2 Å². The molecule has 2 aliphatic rings. The number of rotatable bonds is 4. The minimum Gasteiger partial charge on any atom is -0.335 e. The number of carbonyl (C=O) groups excluding carboxylic acids is 2. The van der Waals surface area contributed by atoms with Crippen molar-refractivity contribution in [3.63, 3.8) is 0 Å². The largest absolute Gasteiger partial charge is 0.335 e. The molecule has 0 radical (unpaired) electrons. The number of hydrogen-bond donors (Lipinski definition) is 0. The van der Waals surface area contributed by atoms with E-state index in [-0.39, 0.29) is 23.9 Å². The van der Waals surface area contributed by atoms with Gasteiger partial charge in [0.05, 0.1) is 6.54 Å². The van der Waals surface area contributed by atoms with Gasteiger partial charge in [-0.1, -0.05) is 12.2 Å². The van der Waals surface area contributed by atoms with Crippen molar-refractivity contribution in [3.05, 3.63) is 24.4 Å². The van der Waals surface area contributed by atoms with Crippen LogP contribution in [0.2, 0.25) is 0 Å². The standard InChI is InChI=1S/C16H25N3O2/c1-13(2)18-10-6-8-17(12-16(18)21)11-14(3)19-9-5-4-7-15(19)20/h4,6-7,10,13-14H,5,8-9,11-12H2,1-3H3. The molecule has 0 saturated carbocycles. The van der Waals surface area contributed by atoms with Crippen molar-refractivity contribution in [1.82, 2.24) is 14.7 Å². The van der Waals surface area contributed by atoms with Gasteiger partial charge < -0.3 is 9.80 Å². The molecule has 0 saturated heterocycles. The van der Waals surface area contributed by atoms with Gasteiger partial charge in [-0.05, 0) is 33.3 Å². The van der Waals surface area contributed by atoms with Crippen LogP contribution >= 0.6 is 0 Å². The molecule has 0 aliphatic carbocycles. The molecule has 2 aliphatic heterocycles. The van der Waals surface area contributed by atoms with E-state index in [0.717, 1.165) is 26.1 Å². The van der Waals surface area contributed by atoms with Gasteiger partial charge in [-0.2, -0.15) is 0 Å². The molecule has 116 valence electrons. The summed E-state index contributed by atoms with van der Waals surface area (Å²) < 4.78 is 0. The summed E-state index contributed by atoms with van der Waals surface area (Å²) in [6.45, 7) is 8.73. The molecule has 2 heterocycles. The summed E-state index contributed by atoms with van der Waals surface area (Å²) in [7, 11) is 0. The molecule has 2 rings (SSSR count). The second-order valence-electron chi connectivity index (χ2n) is 6.05. The SMILES string of the molecule is CC(C)N1C=CCN(CC(C)N2CCC=CC2=O)CC1=O. The van der Waals surface area contributed by atoms with E-state index in [4.69, 9.17) is 0 Å². The van der Waals surface area contributed by atoms with E-state index in [1.54, 1.807) is 11.0 Å². The van der Waals surface area contributed by atoms with Crippen molar-refractivity contribution < 1.29 is 9.59 Å². The molecule has 5 heteroatoms. The van der Waals surface area contributed by atoms with Crippen LogP contribution < -0.4 is 0 Å². The lowest BCUT2D eigenvalue weighted by atomic mass is 10.1. The Hall–Kier alpha value is -1.62. The van der Waals surface area contributed by atoms with Crippen LogP contribution in [0.15, 0.2) is 24.4 Å². The summed E-state index contributed by atoms with van der Waals surface area (Å²) in [5, 5.41) is 0. The first-order chi connectivity index (χ1) is 9.99. The Bertz CT molecular complexity index is 456. The fourth-order valence-corrected chi connectivity index (χ4v) is 2.84. The molecule has 0 aromatic heterocycles. The lowest BCUT2D eigenvalue weighted by molar-refractivity contribution is -0.131. The van der Waals surface area contributed by atoms with Gasteiger partial charge >= 0.3 is 0 Å². The highest BCUT2D eigenvalue weighted by Gasteiger charge is 2.25. The highest BCUT2D eigenvalue weighted by atomic mass is 16.2. The second-order valence-corrected chi connectivity index (χ2v) is 6.05. The van der Waals surface area contributed by atoms with Gasteiger partial charge in [0.1, 0.15) is 0 Å². The van der Waals surface area contributed by atoms with Crippen LogP contribution in [0.3, 0.4) is 0 Å². The van der Waals surface area contributed by atoms with Crippen LogP contribution in [0.4, 0.5) is 0 Å². The third-order valence-corrected chi connectivity index (χ3v) is 3.97. The van der Waals surface area contributed by atoms with Crippen LogP contribution in [0.25, 0.3) is 0 Å². The summed E-state index contributed by atoms with van der Waals surface area (Å²) >= 11 is 0. The topological polar surface area (TPSA) is 43.9 Å². The minimum atomic E-state index is 0.0780. The van der Waals surface area contributed by atoms with E-state index in [1.165, 1.54) is 0 Å². The Morgan fingerprint density at radius 3 is 2.62 bits per heavy atom. The number of hydrogen-bond acceptors (Lipinski definition) is 3. The molecule has 2 amide bonds. The van der Waals surface area contributed by atoms with Crippen molar-refractivity contribution in [1.29, 1.82) is 0 Å². The van der Waals surface area contributed by atoms with Gasteiger partial charge in [-0.25, -0.2) is 0 Å². The lowest BCUT2D eigenvalue weighted by Crippen LogP contribution is -2.48. The quantitative estimate of drug-likeness (QED) is 0.782. The maximum Gasteiger partial charge on any atom is 0.246 e. The zero-order valence-electron chi connectivity index (χ0n) is 13.2. The molecule has 1 unspecified atom stereocenters. The first-order valence-electron chi connectivity index (χ1n) is 7.66. The van der Waals surface area contributed by atoms with Crippen molar-refractivity contribution >= 4 is 11.8 Å². The van der Waals surface area contributed by atoms with E-state index in [1.807, 2.05) is 37.1 Å². The summed E-state index contributed by atoms with van der Waals surface area (Å²) in [6.07, 6.45) is 8.39.